The number of aryl methyl sites for hydroxylation is 1. The molecule has 8 heteroatoms. The van der Waals surface area contributed by atoms with Crippen molar-refractivity contribution in [3.63, 3.8) is 0 Å². The van der Waals surface area contributed by atoms with E-state index in [2.05, 4.69) is 0 Å². The zero-order valence-corrected chi connectivity index (χ0v) is 17.3. The summed E-state index contributed by atoms with van der Waals surface area (Å²) < 4.78 is 23.2. The fraction of sp³-hybridized carbons (Fsp3) is 0.300. The topological polar surface area (TPSA) is 101 Å². The van der Waals surface area contributed by atoms with Crippen LogP contribution in [0.4, 0.5) is 0 Å². The number of rotatable bonds is 6. The van der Waals surface area contributed by atoms with E-state index < -0.39 is 10.0 Å². The van der Waals surface area contributed by atoms with Gasteiger partial charge in [0.15, 0.2) is 0 Å². The van der Waals surface area contributed by atoms with Crippen molar-refractivity contribution in [3.8, 4) is 0 Å². The van der Waals surface area contributed by atoms with Crippen LogP contribution in [0.1, 0.15) is 38.8 Å². The molecule has 2 N–H and O–H groups in total. The van der Waals surface area contributed by atoms with E-state index in [1.54, 1.807) is 56.3 Å². The van der Waals surface area contributed by atoms with Crippen molar-refractivity contribution in [1.82, 2.24) is 9.80 Å². The third kappa shape index (κ3) is 4.96. The summed E-state index contributed by atoms with van der Waals surface area (Å²) in [4.78, 5) is 28.0. The zero-order valence-electron chi connectivity index (χ0n) is 16.5. The van der Waals surface area contributed by atoms with Crippen molar-refractivity contribution >= 4 is 21.8 Å². The van der Waals surface area contributed by atoms with Gasteiger partial charge in [-0.2, -0.15) is 0 Å². The highest BCUT2D eigenvalue weighted by molar-refractivity contribution is 7.89. The Morgan fingerprint density at radius 3 is 2.11 bits per heavy atom. The van der Waals surface area contributed by atoms with Crippen LogP contribution in [0.25, 0.3) is 0 Å². The Morgan fingerprint density at radius 1 is 1.00 bits per heavy atom. The first-order valence-electron chi connectivity index (χ1n) is 8.78. The molecule has 0 bridgehead atoms. The van der Waals surface area contributed by atoms with Crippen molar-refractivity contribution in [2.24, 2.45) is 5.14 Å². The van der Waals surface area contributed by atoms with E-state index in [1.165, 1.54) is 17.0 Å². The summed E-state index contributed by atoms with van der Waals surface area (Å²) in [6, 6.07) is 11.3. The molecule has 0 spiro atoms. The molecule has 0 saturated carbocycles. The molecule has 2 rings (SSSR count). The van der Waals surface area contributed by atoms with Gasteiger partial charge in [0.05, 0.1) is 4.90 Å². The van der Waals surface area contributed by atoms with Gasteiger partial charge < -0.3 is 9.80 Å². The molecular formula is C20H25N3O4S. The Balaban J connectivity index is 2.26. The number of carbonyl (C=O) groups is 2. The van der Waals surface area contributed by atoms with Gasteiger partial charge in [-0.15, -0.1) is 0 Å². The highest BCUT2D eigenvalue weighted by Gasteiger charge is 2.20. The molecular weight excluding hydrogens is 378 g/mol. The molecule has 0 unspecified atom stereocenters. The largest absolute Gasteiger partial charge is 0.345 e. The molecule has 0 aliphatic heterocycles. The lowest BCUT2D eigenvalue weighted by atomic mass is 10.1. The maximum absolute atomic E-state index is 13.0. The second-order valence-corrected chi connectivity index (χ2v) is 8.30. The van der Waals surface area contributed by atoms with Gasteiger partial charge in [0.25, 0.3) is 11.8 Å². The van der Waals surface area contributed by atoms with E-state index in [0.29, 0.717) is 29.8 Å². The molecule has 150 valence electrons. The van der Waals surface area contributed by atoms with E-state index >= 15 is 0 Å². The maximum atomic E-state index is 13.0. The lowest BCUT2D eigenvalue weighted by molar-refractivity contribution is 0.0750. The van der Waals surface area contributed by atoms with E-state index in [0.717, 1.165) is 5.56 Å². The molecule has 2 amide bonds. The highest BCUT2D eigenvalue weighted by Crippen LogP contribution is 2.18. The number of sulfonamides is 1. The number of benzene rings is 2. The molecule has 0 aliphatic rings. The van der Waals surface area contributed by atoms with Crippen LogP contribution in [0.15, 0.2) is 47.4 Å². The standard InChI is InChI=1S/C20H25N3O4S/c1-5-23(13-15-7-9-16(10-8-15)19(24)22(3)4)20(25)18-12-17(28(21,26)27)11-6-14(18)2/h6-12H,5,13H2,1-4H3,(H2,21,26,27). The average Bonchev–Trinajstić information content (AvgIpc) is 2.64. The fourth-order valence-electron chi connectivity index (χ4n) is 2.74. The lowest BCUT2D eigenvalue weighted by Crippen LogP contribution is -2.31. The fourth-order valence-corrected chi connectivity index (χ4v) is 3.28. The van der Waals surface area contributed by atoms with Crippen molar-refractivity contribution < 1.29 is 18.0 Å². The smallest absolute Gasteiger partial charge is 0.254 e. The molecule has 2 aromatic rings. The van der Waals surface area contributed by atoms with E-state index in [-0.39, 0.29) is 16.7 Å². The molecule has 0 fully saturated rings. The monoisotopic (exact) mass is 403 g/mol. The second kappa shape index (κ2) is 8.53. The van der Waals surface area contributed by atoms with Gasteiger partial charge in [-0.05, 0) is 49.2 Å². The zero-order chi connectivity index (χ0) is 21.1. The summed E-state index contributed by atoms with van der Waals surface area (Å²) in [5.74, 6) is -0.371. The third-order valence-electron chi connectivity index (χ3n) is 4.42. The summed E-state index contributed by atoms with van der Waals surface area (Å²) in [6.07, 6.45) is 0. The van der Waals surface area contributed by atoms with Crippen LogP contribution in [-0.4, -0.2) is 50.7 Å². The predicted octanol–water partition coefficient (Wildman–Crippen LogP) is 2.01. The van der Waals surface area contributed by atoms with Gasteiger partial charge in [-0.3, -0.25) is 9.59 Å². The van der Waals surface area contributed by atoms with Crippen LogP contribution >= 0.6 is 0 Å². The Morgan fingerprint density at radius 2 is 1.61 bits per heavy atom. The Hall–Kier alpha value is -2.71. The van der Waals surface area contributed by atoms with Gasteiger partial charge in [0.1, 0.15) is 0 Å². The second-order valence-electron chi connectivity index (χ2n) is 6.74. The number of amides is 2. The van der Waals surface area contributed by atoms with Crippen LogP contribution in [0, 0.1) is 6.92 Å². The lowest BCUT2D eigenvalue weighted by Gasteiger charge is -2.22. The first-order chi connectivity index (χ1) is 13.0. The number of hydrogen-bond acceptors (Lipinski definition) is 4. The van der Waals surface area contributed by atoms with Crippen LogP contribution < -0.4 is 5.14 Å². The van der Waals surface area contributed by atoms with Crippen LogP contribution in [-0.2, 0) is 16.6 Å². The van der Waals surface area contributed by atoms with Crippen molar-refractivity contribution in [2.45, 2.75) is 25.3 Å². The van der Waals surface area contributed by atoms with Crippen molar-refractivity contribution in [1.29, 1.82) is 0 Å². The minimum absolute atomic E-state index is 0.0922. The molecule has 2 aromatic carbocycles. The first kappa shape index (κ1) is 21.6. The van der Waals surface area contributed by atoms with Gasteiger partial charge >= 0.3 is 0 Å². The molecule has 0 saturated heterocycles. The SMILES string of the molecule is CCN(Cc1ccc(C(=O)N(C)C)cc1)C(=O)c1cc(S(N)(=O)=O)ccc1C. The molecule has 0 aromatic heterocycles. The van der Waals surface area contributed by atoms with E-state index in [9.17, 15) is 18.0 Å². The summed E-state index contributed by atoms with van der Waals surface area (Å²) in [7, 11) is -0.521. The van der Waals surface area contributed by atoms with Gasteiger partial charge in [-0.25, -0.2) is 13.6 Å². The summed E-state index contributed by atoms with van der Waals surface area (Å²) >= 11 is 0. The molecule has 0 aliphatic carbocycles. The average molecular weight is 404 g/mol. The number of carbonyl (C=O) groups excluding carboxylic acids is 2. The molecule has 28 heavy (non-hydrogen) atoms. The number of hydrogen-bond donors (Lipinski definition) is 1. The van der Waals surface area contributed by atoms with Gasteiger partial charge in [-0.1, -0.05) is 18.2 Å². The minimum Gasteiger partial charge on any atom is -0.345 e. The Kier molecular flexibility index (Phi) is 6.58. The van der Waals surface area contributed by atoms with Crippen LogP contribution in [0.2, 0.25) is 0 Å². The van der Waals surface area contributed by atoms with Gasteiger partial charge in [0.2, 0.25) is 10.0 Å². The molecule has 0 atom stereocenters. The number of nitrogens with two attached hydrogens (primary N) is 1. The van der Waals surface area contributed by atoms with E-state index in [4.69, 9.17) is 5.14 Å². The summed E-state index contributed by atoms with van der Waals surface area (Å²) in [5.41, 5.74) is 2.40. The van der Waals surface area contributed by atoms with Crippen LogP contribution in [0.3, 0.4) is 0 Å². The van der Waals surface area contributed by atoms with Crippen molar-refractivity contribution in [2.75, 3.05) is 20.6 Å². The van der Waals surface area contributed by atoms with E-state index in [1.807, 2.05) is 6.92 Å². The van der Waals surface area contributed by atoms with Crippen LogP contribution in [0.5, 0.6) is 0 Å². The molecule has 0 heterocycles. The quantitative estimate of drug-likeness (QED) is 0.797. The number of nitrogens with zero attached hydrogens (tertiary/aromatic N) is 2. The van der Waals surface area contributed by atoms with Gasteiger partial charge in [0, 0.05) is 38.3 Å². The maximum Gasteiger partial charge on any atom is 0.254 e. The normalized spacial score (nSPS) is 11.2. The molecule has 0 radical (unpaired) electrons. The van der Waals surface area contributed by atoms with Crippen molar-refractivity contribution in [3.05, 3.63) is 64.7 Å². The summed E-state index contributed by atoms with van der Waals surface area (Å²) in [6.45, 7) is 4.37. The molecule has 7 nitrogen and oxygen atoms in total. The Labute approximate surface area is 165 Å². The number of primary sulfonamides is 1. The third-order valence-corrected chi connectivity index (χ3v) is 5.33. The minimum atomic E-state index is -3.89. The summed E-state index contributed by atoms with van der Waals surface area (Å²) in [5, 5.41) is 5.18. The Bertz CT molecular complexity index is 983. The predicted molar refractivity (Wildman–Crippen MR) is 107 cm³/mol. The highest BCUT2D eigenvalue weighted by atomic mass is 32.2. The first-order valence-corrected chi connectivity index (χ1v) is 10.3.